The lowest BCUT2D eigenvalue weighted by Gasteiger charge is -2.29. The van der Waals surface area contributed by atoms with Crippen molar-refractivity contribution in [1.82, 2.24) is 9.88 Å². The molecule has 2 aliphatic carbocycles. The maximum atomic E-state index is 15.9. The predicted octanol–water partition coefficient (Wildman–Crippen LogP) is 3.30. The zero-order chi connectivity index (χ0) is 23.3. The Bertz CT molecular complexity index is 1220. The Morgan fingerprint density at radius 3 is 2.76 bits per heavy atom. The molecule has 1 aliphatic heterocycles. The van der Waals surface area contributed by atoms with Crippen molar-refractivity contribution in [2.45, 2.75) is 38.3 Å². The highest BCUT2D eigenvalue weighted by atomic mass is 19.1. The van der Waals surface area contributed by atoms with Gasteiger partial charge in [-0.3, -0.25) is 4.79 Å². The van der Waals surface area contributed by atoms with Crippen LogP contribution in [0.15, 0.2) is 35.3 Å². The number of benzene rings is 1. The number of rotatable bonds is 5. The number of aromatic carboxylic acids is 1. The van der Waals surface area contributed by atoms with E-state index in [1.165, 1.54) is 12.3 Å². The van der Waals surface area contributed by atoms with E-state index >= 15 is 4.39 Å². The van der Waals surface area contributed by atoms with Gasteiger partial charge < -0.3 is 24.6 Å². The number of hydrogen-bond donors (Lipinski definition) is 2. The zero-order valence-corrected chi connectivity index (χ0v) is 18.3. The normalized spacial score (nSPS) is 24.1. The number of carboxylic acid groups (broad SMARTS) is 1. The van der Waals surface area contributed by atoms with Crippen LogP contribution in [-0.4, -0.2) is 47.5 Å². The molecule has 3 atom stereocenters. The van der Waals surface area contributed by atoms with Crippen molar-refractivity contribution in [2.24, 2.45) is 11.8 Å². The van der Waals surface area contributed by atoms with Crippen LogP contribution in [0.5, 0.6) is 0 Å². The van der Waals surface area contributed by atoms with Crippen molar-refractivity contribution in [3.63, 3.8) is 0 Å². The summed E-state index contributed by atoms with van der Waals surface area (Å²) in [4.78, 5) is 38.2. The maximum Gasteiger partial charge on any atom is 0.407 e. The van der Waals surface area contributed by atoms with Gasteiger partial charge in [-0.25, -0.2) is 14.0 Å². The SMILES string of the molecule is CCOC(=O)NC1CC=CC2CN(c3ccc4c(=O)c(C(=O)O)cn(C5CC5)c4c3F)CC21. The molecule has 1 saturated heterocycles. The van der Waals surface area contributed by atoms with E-state index in [-0.39, 0.29) is 40.4 Å². The highest BCUT2D eigenvalue weighted by Crippen LogP contribution is 2.41. The molecule has 0 radical (unpaired) electrons. The third kappa shape index (κ3) is 3.75. The van der Waals surface area contributed by atoms with Crippen LogP contribution >= 0.6 is 0 Å². The second-order valence-electron chi connectivity index (χ2n) is 8.98. The third-order valence-corrected chi connectivity index (χ3v) is 6.90. The minimum absolute atomic E-state index is 0.00167. The predicted molar refractivity (Wildman–Crippen MR) is 120 cm³/mol. The zero-order valence-electron chi connectivity index (χ0n) is 18.3. The number of aromatic nitrogens is 1. The van der Waals surface area contributed by atoms with E-state index in [1.807, 2.05) is 11.0 Å². The van der Waals surface area contributed by atoms with Gasteiger partial charge >= 0.3 is 12.1 Å². The summed E-state index contributed by atoms with van der Waals surface area (Å²) in [5.41, 5.74) is -0.461. The van der Waals surface area contributed by atoms with E-state index in [0.717, 1.165) is 12.8 Å². The number of halogens is 1. The van der Waals surface area contributed by atoms with Crippen molar-refractivity contribution in [1.29, 1.82) is 0 Å². The first-order chi connectivity index (χ1) is 15.9. The first kappa shape index (κ1) is 21.5. The fourth-order valence-corrected chi connectivity index (χ4v) is 5.18. The number of nitrogens with one attached hydrogen (secondary N) is 1. The van der Waals surface area contributed by atoms with Gasteiger partial charge in [0, 0.05) is 48.6 Å². The standard InChI is InChI=1S/C24H26FN3O5/c1-2-33-24(32)26-18-5-3-4-13-10-27(11-16(13)18)19-9-8-15-21(20(19)25)28(14-6-7-14)12-17(22(15)29)23(30)31/h3-4,8-9,12-14,16,18H,2,5-7,10-11H2,1H3,(H,26,32)(H,30,31). The van der Waals surface area contributed by atoms with Gasteiger partial charge in [0.15, 0.2) is 5.82 Å². The number of amides is 1. The van der Waals surface area contributed by atoms with Crippen LogP contribution in [0.25, 0.3) is 10.9 Å². The summed E-state index contributed by atoms with van der Waals surface area (Å²) in [5, 5.41) is 12.4. The number of carboxylic acids is 1. The number of ether oxygens (including phenoxy) is 1. The summed E-state index contributed by atoms with van der Waals surface area (Å²) in [6.45, 7) is 3.19. The largest absolute Gasteiger partial charge is 0.477 e. The Balaban J connectivity index is 1.50. The number of carbonyl (C=O) groups excluding carboxylic acids is 1. The molecule has 33 heavy (non-hydrogen) atoms. The van der Waals surface area contributed by atoms with Crippen molar-refractivity contribution in [2.75, 3.05) is 24.6 Å². The smallest absolute Gasteiger partial charge is 0.407 e. The fraction of sp³-hybridized carbons (Fsp3) is 0.458. The summed E-state index contributed by atoms with van der Waals surface area (Å²) in [6.07, 6.45) is 7.31. The van der Waals surface area contributed by atoms with E-state index < -0.39 is 23.3 Å². The Hall–Kier alpha value is -3.36. The summed E-state index contributed by atoms with van der Waals surface area (Å²) in [5.74, 6) is -1.56. The van der Waals surface area contributed by atoms with Crippen molar-refractivity contribution < 1.29 is 23.8 Å². The molecule has 0 bridgehead atoms. The van der Waals surface area contributed by atoms with Gasteiger partial charge in [-0.2, -0.15) is 0 Å². The molecule has 1 aromatic carbocycles. The molecule has 2 N–H and O–H groups in total. The van der Waals surface area contributed by atoms with Gasteiger partial charge in [-0.05, 0) is 38.3 Å². The van der Waals surface area contributed by atoms with Gasteiger partial charge in [0.05, 0.1) is 17.8 Å². The Morgan fingerprint density at radius 1 is 1.27 bits per heavy atom. The lowest BCUT2D eigenvalue weighted by molar-refractivity contribution is 0.0694. The molecule has 1 saturated carbocycles. The summed E-state index contributed by atoms with van der Waals surface area (Å²) < 4.78 is 22.6. The van der Waals surface area contributed by atoms with Crippen LogP contribution in [0, 0.1) is 17.7 Å². The molecule has 0 spiro atoms. The second kappa shape index (κ2) is 8.20. The Labute approximate surface area is 189 Å². The van der Waals surface area contributed by atoms with Crippen molar-refractivity contribution in [3.05, 3.63) is 52.1 Å². The van der Waals surface area contributed by atoms with Crippen LogP contribution in [0.4, 0.5) is 14.9 Å². The first-order valence-electron chi connectivity index (χ1n) is 11.3. The summed E-state index contributed by atoms with van der Waals surface area (Å²) in [7, 11) is 0. The monoisotopic (exact) mass is 455 g/mol. The van der Waals surface area contributed by atoms with E-state index in [4.69, 9.17) is 4.74 Å². The van der Waals surface area contributed by atoms with Gasteiger partial charge in [-0.1, -0.05) is 12.2 Å². The molecule has 3 aliphatic rings. The molecule has 1 aromatic heterocycles. The third-order valence-electron chi connectivity index (χ3n) is 6.90. The Morgan fingerprint density at radius 2 is 2.06 bits per heavy atom. The molecule has 8 nitrogen and oxygen atoms in total. The van der Waals surface area contributed by atoms with E-state index in [1.54, 1.807) is 17.6 Å². The number of nitrogens with zero attached hydrogens (tertiary/aromatic N) is 2. The maximum absolute atomic E-state index is 15.9. The molecule has 9 heteroatoms. The average Bonchev–Trinajstić information content (AvgIpc) is 3.53. The van der Waals surface area contributed by atoms with Gasteiger partial charge in [0.25, 0.3) is 0 Å². The Kier molecular flexibility index (Phi) is 5.34. The number of anilines is 1. The minimum atomic E-state index is -1.31. The molecule has 5 rings (SSSR count). The molecule has 3 unspecified atom stereocenters. The highest BCUT2D eigenvalue weighted by molar-refractivity contribution is 5.94. The first-order valence-corrected chi connectivity index (χ1v) is 11.3. The highest BCUT2D eigenvalue weighted by Gasteiger charge is 2.40. The summed E-state index contributed by atoms with van der Waals surface area (Å²) >= 11 is 0. The number of pyridine rings is 1. The van der Waals surface area contributed by atoms with Crippen LogP contribution in [0.1, 0.15) is 42.6 Å². The van der Waals surface area contributed by atoms with Crippen LogP contribution in [-0.2, 0) is 4.74 Å². The second-order valence-corrected chi connectivity index (χ2v) is 8.98. The summed E-state index contributed by atoms with van der Waals surface area (Å²) in [6, 6.07) is 3.00. The molecule has 1 amide bonds. The fourth-order valence-electron chi connectivity index (χ4n) is 5.18. The molecule has 2 aromatic rings. The van der Waals surface area contributed by atoms with E-state index in [2.05, 4.69) is 11.4 Å². The quantitative estimate of drug-likeness (QED) is 0.671. The topological polar surface area (TPSA) is 101 Å². The number of hydrogen-bond acceptors (Lipinski definition) is 5. The van der Waals surface area contributed by atoms with Crippen molar-refractivity contribution >= 4 is 28.7 Å². The number of fused-ring (bicyclic) bond motifs is 2. The molecular weight excluding hydrogens is 429 g/mol. The van der Waals surface area contributed by atoms with Crippen LogP contribution < -0.4 is 15.6 Å². The van der Waals surface area contributed by atoms with Crippen LogP contribution in [0.3, 0.4) is 0 Å². The van der Waals surface area contributed by atoms with E-state index in [0.29, 0.717) is 31.8 Å². The van der Waals surface area contributed by atoms with Crippen molar-refractivity contribution in [3.8, 4) is 0 Å². The molecule has 2 fully saturated rings. The lowest BCUT2D eigenvalue weighted by atomic mass is 9.83. The lowest BCUT2D eigenvalue weighted by Crippen LogP contribution is -2.44. The van der Waals surface area contributed by atoms with Gasteiger partial charge in [0.1, 0.15) is 5.56 Å². The average molecular weight is 455 g/mol. The number of carbonyl (C=O) groups is 2. The van der Waals surface area contributed by atoms with Gasteiger partial charge in [-0.15, -0.1) is 0 Å². The molecule has 2 heterocycles. The molecular formula is C24H26FN3O5. The minimum Gasteiger partial charge on any atom is -0.477 e. The molecule has 174 valence electrons. The van der Waals surface area contributed by atoms with Gasteiger partial charge in [0.2, 0.25) is 5.43 Å². The number of alkyl carbamates (subject to hydrolysis) is 1. The van der Waals surface area contributed by atoms with Crippen LogP contribution in [0.2, 0.25) is 0 Å². The van der Waals surface area contributed by atoms with E-state index in [9.17, 15) is 19.5 Å².